The second-order valence-electron chi connectivity index (χ2n) is 8.78. The Morgan fingerprint density at radius 1 is 1.33 bits per heavy atom. The molecular weight excluding hydrogens is 338 g/mol. The summed E-state index contributed by atoms with van der Waals surface area (Å²) in [6.07, 6.45) is 5.86. The highest BCUT2D eigenvalue weighted by Gasteiger charge is 2.53. The lowest BCUT2D eigenvalue weighted by atomic mass is 9.45. The number of aromatic nitrogens is 1. The van der Waals surface area contributed by atoms with Crippen LogP contribution in [0, 0.1) is 23.2 Å². The normalized spacial score (nSPS) is 26.9. The predicted molar refractivity (Wildman–Crippen MR) is 104 cm³/mol. The quantitative estimate of drug-likeness (QED) is 0.815. The molecule has 4 atom stereocenters. The Hall–Kier alpha value is -2.14. The maximum absolute atomic E-state index is 12.5. The number of fused-ring (bicyclic) bond motifs is 2. The lowest BCUT2D eigenvalue weighted by Crippen LogP contribution is -2.54. The molecule has 0 spiro atoms. The number of nitrogens with zero attached hydrogens (tertiary/aromatic N) is 1. The summed E-state index contributed by atoms with van der Waals surface area (Å²) in [6, 6.07) is 9.61. The Kier molecular flexibility index (Phi) is 4.81. The van der Waals surface area contributed by atoms with Crippen molar-refractivity contribution >= 4 is 5.91 Å². The van der Waals surface area contributed by atoms with Crippen LogP contribution >= 0.6 is 0 Å². The Morgan fingerprint density at radius 2 is 2.11 bits per heavy atom. The fourth-order valence-corrected chi connectivity index (χ4v) is 5.04. The molecule has 5 nitrogen and oxygen atoms in total. The van der Waals surface area contributed by atoms with E-state index in [9.17, 15) is 4.79 Å². The molecule has 1 heterocycles. The minimum absolute atomic E-state index is 0.170. The molecule has 144 valence electrons. The minimum atomic E-state index is -0.361. The maximum Gasteiger partial charge on any atom is 0.273 e. The van der Waals surface area contributed by atoms with Gasteiger partial charge in [0, 0.05) is 6.54 Å². The fraction of sp³-hybridized carbons (Fsp3) is 0.545. The van der Waals surface area contributed by atoms with Gasteiger partial charge in [-0.2, -0.15) is 0 Å². The first-order valence-electron chi connectivity index (χ1n) is 9.98. The van der Waals surface area contributed by atoms with E-state index in [0.717, 1.165) is 23.9 Å². The molecule has 3 saturated carbocycles. The summed E-state index contributed by atoms with van der Waals surface area (Å²) in [6.45, 7) is 5.47. The summed E-state index contributed by atoms with van der Waals surface area (Å²) in [5, 5.41) is 3.06. The molecule has 27 heavy (non-hydrogen) atoms. The monoisotopic (exact) mass is 367 g/mol. The SMILES string of the molecule is CC1(C)C2CCC(CNC(=O)c3coc(C(N)Cc4ccccc4)n3)C1C2. The molecule has 2 bridgehead atoms. The Balaban J connectivity index is 1.32. The van der Waals surface area contributed by atoms with Gasteiger partial charge in [0.1, 0.15) is 6.26 Å². The zero-order valence-corrected chi connectivity index (χ0v) is 16.2. The van der Waals surface area contributed by atoms with Crippen LogP contribution < -0.4 is 11.1 Å². The number of carbonyl (C=O) groups is 1. The number of hydrogen-bond donors (Lipinski definition) is 2. The number of nitrogens with two attached hydrogens (primary N) is 1. The summed E-state index contributed by atoms with van der Waals surface area (Å²) in [5.41, 5.74) is 8.06. The fourth-order valence-electron chi connectivity index (χ4n) is 5.04. The van der Waals surface area contributed by atoms with Gasteiger partial charge in [0.05, 0.1) is 6.04 Å². The Morgan fingerprint density at radius 3 is 2.81 bits per heavy atom. The van der Waals surface area contributed by atoms with Crippen molar-refractivity contribution in [3.05, 3.63) is 53.7 Å². The van der Waals surface area contributed by atoms with Crippen LogP contribution in [0.1, 0.15) is 61.1 Å². The third-order valence-corrected chi connectivity index (χ3v) is 6.90. The number of oxazole rings is 1. The van der Waals surface area contributed by atoms with Crippen molar-refractivity contribution in [3.63, 3.8) is 0 Å². The first-order chi connectivity index (χ1) is 12.9. The number of hydrogen-bond acceptors (Lipinski definition) is 4. The zero-order valence-electron chi connectivity index (χ0n) is 16.2. The lowest BCUT2D eigenvalue weighted by Gasteiger charge is -2.60. The average Bonchev–Trinajstić information content (AvgIpc) is 3.17. The van der Waals surface area contributed by atoms with Gasteiger partial charge in [-0.1, -0.05) is 44.2 Å². The predicted octanol–water partition coefficient (Wildman–Crippen LogP) is 3.72. The van der Waals surface area contributed by atoms with Crippen molar-refractivity contribution in [2.45, 2.75) is 45.6 Å². The molecule has 3 aliphatic rings. The van der Waals surface area contributed by atoms with Crippen LogP contribution in [-0.4, -0.2) is 17.4 Å². The summed E-state index contributed by atoms with van der Waals surface area (Å²) in [5.74, 6) is 2.41. The highest BCUT2D eigenvalue weighted by atomic mass is 16.3. The molecule has 3 N–H and O–H groups in total. The largest absolute Gasteiger partial charge is 0.446 e. The molecular formula is C22H29N3O2. The average molecular weight is 367 g/mol. The van der Waals surface area contributed by atoms with Crippen molar-refractivity contribution in [1.29, 1.82) is 0 Å². The van der Waals surface area contributed by atoms with Crippen molar-refractivity contribution in [2.24, 2.45) is 28.9 Å². The number of nitrogens with one attached hydrogen (secondary N) is 1. The van der Waals surface area contributed by atoms with Crippen LogP contribution in [-0.2, 0) is 6.42 Å². The molecule has 1 aromatic heterocycles. The first kappa shape index (κ1) is 18.2. The van der Waals surface area contributed by atoms with Crippen LogP contribution in [0.4, 0.5) is 0 Å². The lowest BCUT2D eigenvalue weighted by molar-refractivity contribution is -0.103. The smallest absolute Gasteiger partial charge is 0.273 e. The maximum atomic E-state index is 12.5. The molecule has 2 aromatic rings. The Labute approximate surface area is 160 Å². The van der Waals surface area contributed by atoms with E-state index in [4.69, 9.17) is 10.2 Å². The third-order valence-electron chi connectivity index (χ3n) is 6.90. The van der Waals surface area contributed by atoms with E-state index in [1.54, 1.807) is 0 Å². The molecule has 0 radical (unpaired) electrons. The third kappa shape index (κ3) is 3.53. The first-order valence-corrected chi connectivity index (χ1v) is 9.98. The Bertz CT molecular complexity index is 797. The molecule has 4 unspecified atom stereocenters. The summed E-state index contributed by atoms with van der Waals surface area (Å²) >= 11 is 0. The number of carbonyl (C=O) groups excluding carboxylic acids is 1. The molecule has 1 aromatic carbocycles. The van der Waals surface area contributed by atoms with Crippen LogP contribution in [0.15, 0.2) is 41.0 Å². The second-order valence-corrected chi connectivity index (χ2v) is 8.78. The molecule has 5 rings (SSSR count). The van der Waals surface area contributed by atoms with Crippen LogP contribution in [0.25, 0.3) is 0 Å². The zero-order chi connectivity index (χ0) is 19.0. The topological polar surface area (TPSA) is 81.2 Å². The van der Waals surface area contributed by atoms with Gasteiger partial charge in [0.25, 0.3) is 5.91 Å². The summed E-state index contributed by atoms with van der Waals surface area (Å²) in [4.78, 5) is 16.8. The second kappa shape index (κ2) is 7.12. The van der Waals surface area contributed by atoms with Gasteiger partial charge < -0.3 is 15.5 Å². The van der Waals surface area contributed by atoms with Gasteiger partial charge in [-0.05, 0) is 54.4 Å². The van der Waals surface area contributed by atoms with E-state index in [1.807, 2.05) is 30.3 Å². The van der Waals surface area contributed by atoms with Crippen molar-refractivity contribution in [3.8, 4) is 0 Å². The highest BCUT2D eigenvalue weighted by molar-refractivity contribution is 5.91. The molecule has 3 aliphatic carbocycles. The van der Waals surface area contributed by atoms with E-state index in [0.29, 0.717) is 29.3 Å². The van der Waals surface area contributed by atoms with E-state index in [2.05, 4.69) is 24.1 Å². The minimum Gasteiger partial charge on any atom is -0.446 e. The standard InChI is InChI=1S/C22H29N3O2/c1-22(2)16-9-8-15(17(22)11-16)12-24-20(26)19-13-27-21(25-19)18(23)10-14-6-4-3-5-7-14/h3-7,13,15-18H,8-12,23H2,1-2H3,(H,24,26). The highest BCUT2D eigenvalue weighted by Crippen LogP contribution is 2.61. The summed E-state index contributed by atoms with van der Waals surface area (Å²) in [7, 11) is 0. The van der Waals surface area contributed by atoms with E-state index >= 15 is 0 Å². The van der Waals surface area contributed by atoms with Crippen LogP contribution in [0.5, 0.6) is 0 Å². The molecule has 0 aliphatic heterocycles. The van der Waals surface area contributed by atoms with Gasteiger partial charge in [-0.25, -0.2) is 4.98 Å². The van der Waals surface area contributed by atoms with Crippen LogP contribution in [0.2, 0.25) is 0 Å². The number of rotatable bonds is 6. The van der Waals surface area contributed by atoms with E-state index in [-0.39, 0.29) is 11.9 Å². The molecule has 5 heteroatoms. The van der Waals surface area contributed by atoms with Crippen molar-refractivity contribution in [2.75, 3.05) is 6.54 Å². The molecule has 1 amide bonds. The van der Waals surface area contributed by atoms with Gasteiger partial charge in [-0.3, -0.25) is 4.79 Å². The van der Waals surface area contributed by atoms with E-state index in [1.165, 1.54) is 25.5 Å². The van der Waals surface area contributed by atoms with Gasteiger partial charge in [0.2, 0.25) is 5.89 Å². The van der Waals surface area contributed by atoms with E-state index < -0.39 is 0 Å². The van der Waals surface area contributed by atoms with Gasteiger partial charge in [0.15, 0.2) is 5.69 Å². The molecule has 0 saturated heterocycles. The van der Waals surface area contributed by atoms with Gasteiger partial charge >= 0.3 is 0 Å². The van der Waals surface area contributed by atoms with Gasteiger partial charge in [-0.15, -0.1) is 0 Å². The molecule has 3 fully saturated rings. The van der Waals surface area contributed by atoms with Crippen molar-refractivity contribution in [1.82, 2.24) is 10.3 Å². The van der Waals surface area contributed by atoms with Crippen molar-refractivity contribution < 1.29 is 9.21 Å². The van der Waals surface area contributed by atoms with Crippen LogP contribution in [0.3, 0.4) is 0 Å². The number of benzene rings is 1. The number of amides is 1. The summed E-state index contributed by atoms with van der Waals surface area (Å²) < 4.78 is 5.48.